The third-order valence-electron chi connectivity index (χ3n) is 4.84. The number of aromatic amines is 1. The van der Waals surface area contributed by atoms with E-state index in [1.54, 1.807) is 13.3 Å². The lowest BCUT2D eigenvalue weighted by Gasteiger charge is -2.28. The zero-order valence-corrected chi connectivity index (χ0v) is 14.8. The van der Waals surface area contributed by atoms with Crippen LogP contribution in [0.1, 0.15) is 24.6 Å². The molecule has 1 N–H and O–H groups in total. The summed E-state index contributed by atoms with van der Waals surface area (Å²) < 4.78 is 6.71. The molecule has 1 aromatic carbocycles. The smallest absolute Gasteiger partial charge is 0.331 e. The van der Waals surface area contributed by atoms with Crippen LogP contribution >= 0.6 is 0 Å². The molecule has 0 aliphatic carbocycles. The summed E-state index contributed by atoms with van der Waals surface area (Å²) in [4.78, 5) is 34.0. The van der Waals surface area contributed by atoms with E-state index >= 15 is 0 Å². The first-order valence-electron chi connectivity index (χ1n) is 8.66. The summed E-state index contributed by atoms with van der Waals surface area (Å²) in [6.07, 6.45) is 2.84. The number of amides is 1. The van der Waals surface area contributed by atoms with Gasteiger partial charge >= 0.3 is 5.69 Å². The van der Waals surface area contributed by atoms with Gasteiger partial charge in [-0.25, -0.2) is 9.78 Å². The van der Waals surface area contributed by atoms with Crippen molar-refractivity contribution < 1.29 is 9.53 Å². The number of imidazole rings is 1. The molecule has 26 heavy (non-hydrogen) atoms. The third kappa shape index (κ3) is 2.65. The zero-order valence-electron chi connectivity index (χ0n) is 14.8. The number of ether oxygens (including phenoxy) is 1. The number of methoxy groups -OCH3 is 1. The fourth-order valence-electron chi connectivity index (χ4n) is 3.38. The number of aromatic nitrogens is 3. The maximum atomic E-state index is 12.4. The van der Waals surface area contributed by atoms with Gasteiger partial charge in [0.2, 0.25) is 5.91 Å². The Hall–Kier alpha value is -3.09. The van der Waals surface area contributed by atoms with Crippen LogP contribution in [0.3, 0.4) is 0 Å². The van der Waals surface area contributed by atoms with E-state index in [4.69, 9.17) is 9.72 Å². The Balaban J connectivity index is 1.81. The molecule has 7 nitrogen and oxygen atoms in total. The minimum absolute atomic E-state index is 0.113. The first-order valence-corrected chi connectivity index (χ1v) is 8.66. The number of hydrogen-bond acceptors (Lipinski definition) is 4. The van der Waals surface area contributed by atoms with Gasteiger partial charge in [0.1, 0.15) is 11.4 Å². The number of fused-ring (bicyclic) bond motifs is 3. The molecule has 0 fully saturated rings. The maximum absolute atomic E-state index is 12.4. The van der Waals surface area contributed by atoms with E-state index in [-0.39, 0.29) is 11.6 Å². The van der Waals surface area contributed by atoms with Crippen molar-refractivity contribution in [3.63, 3.8) is 0 Å². The van der Waals surface area contributed by atoms with Crippen molar-refractivity contribution in [1.29, 1.82) is 0 Å². The summed E-state index contributed by atoms with van der Waals surface area (Å²) in [5.41, 5.74) is 3.81. The molecular weight excluding hydrogens is 332 g/mol. The van der Waals surface area contributed by atoms with E-state index in [1.165, 1.54) is 4.40 Å². The molecule has 1 amide bonds. The van der Waals surface area contributed by atoms with Crippen molar-refractivity contribution >= 4 is 11.6 Å². The van der Waals surface area contributed by atoms with Crippen molar-refractivity contribution in [2.45, 2.75) is 26.3 Å². The molecule has 0 saturated heterocycles. The van der Waals surface area contributed by atoms with Crippen LogP contribution < -0.4 is 10.4 Å². The number of carbonyl (C=O) groups is 1. The lowest BCUT2D eigenvalue weighted by Crippen LogP contribution is -2.37. The van der Waals surface area contributed by atoms with Crippen LogP contribution in [0.2, 0.25) is 0 Å². The summed E-state index contributed by atoms with van der Waals surface area (Å²) in [5, 5.41) is 0. The molecule has 0 radical (unpaired) electrons. The second kappa shape index (κ2) is 6.33. The second-order valence-corrected chi connectivity index (χ2v) is 6.35. The molecule has 3 aromatic rings. The Kier molecular flexibility index (Phi) is 3.99. The number of nitrogens with zero attached hydrogens (tertiary/aromatic N) is 3. The fourth-order valence-corrected chi connectivity index (χ4v) is 3.38. The highest BCUT2D eigenvalue weighted by Crippen LogP contribution is 2.25. The average molecular weight is 352 g/mol. The minimum Gasteiger partial charge on any atom is -0.497 e. The van der Waals surface area contributed by atoms with Gasteiger partial charge in [0.05, 0.1) is 19.3 Å². The highest BCUT2D eigenvalue weighted by Gasteiger charge is 2.24. The van der Waals surface area contributed by atoms with Gasteiger partial charge in [-0.1, -0.05) is 6.92 Å². The Morgan fingerprint density at radius 2 is 2.08 bits per heavy atom. The van der Waals surface area contributed by atoms with E-state index < -0.39 is 0 Å². The second-order valence-electron chi connectivity index (χ2n) is 6.35. The average Bonchev–Trinajstić information content (AvgIpc) is 3.13. The zero-order chi connectivity index (χ0) is 18.3. The molecule has 0 atom stereocenters. The number of H-pyrrole nitrogens is 1. The van der Waals surface area contributed by atoms with E-state index in [0.717, 1.165) is 22.6 Å². The molecule has 1 aliphatic rings. The predicted molar refractivity (Wildman–Crippen MR) is 97.2 cm³/mol. The molecule has 1 aliphatic heterocycles. The van der Waals surface area contributed by atoms with Crippen LogP contribution in [0, 0.1) is 0 Å². The number of carbonyl (C=O) groups excluding carboxylic acids is 1. The van der Waals surface area contributed by atoms with Crippen molar-refractivity contribution in [1.82, 2.24) is 19.3 Å². The number of rotatable bonds is 3. The fraction of sp³-hybridized carbons (Fsp3) is 0.316. The molecular formula is C19H20N4O3. The van der Waals surface area contributed by atoms with E-state index in [9.17, 15) is 9.59 Å². The van der Waals surface area contributed by atoms with Crippen molar-refractivity contribution in [2.24, 2.45) is 0 Å². The molecule has 0 unspecified atom stereocenters. The van der Waals surface area contributed by atoms with Gasteiger partial charge < -0.3 is 14.6 Å². The summed E-state index contributed by atoms with van der Waals surface area (Å²) in [5.74, 6) is 0.878. The van der Waals surface area contributed by atoms with E-state index in [1.807, 2.05) is 36.1 Å². The lowest BCUT2D eigenvalue weighted by molar-refractivity contribution is -0.131. The van der Waals surface area contributed by atoms with Gasteiger partial charge in [-0.05, 0) is 24.3 Å². The first kappa shape index (κ1) is 16.4. The molecule has 3 heterocycles. The maximum Gasteiger partial charge on any atom is 0.331 e. The van der Waals surface area contributed by atoms with Gasteiger partial charge in [-0.3, -0.25) is 9.20 Å². The van der Waals surface area contributed by atoms with Crippen LogP contribution in [0.5, 0.6) is 5.75 Å². The normalized spacial score (nSPS) is 13.7. The van der Waals surface area contributed by atoms with Crippen molar-refractivity contribution in [3.8, 4) is 17.0 Å². The topological polar surface area (TPSA) is 79.7 Å². The monoisotopic (exact) mass is 352 g/mol. The highest BCUT2D eigenvalue weighted by molar-refractivity contribution is 5.76. The standard InChI is InChI=1S/C19H20N4O3/c1-3-17(24)22-9-8-15-14(10-22)18-20-16(11-23(18)19(25)21-15)12-4-6-13(26-2)7-5-12/h4-7,11H,3,8-10H2,1-2H3,(H,21,25). The summed E-state index contributed by atoms with van der Waals surface area (Å²) in [6.45, 7) is 2.96. The summed E-state index contributed by atoms with van der Waals surface area (Å²) in [6, 6.07) is 7.55. The van der Waals surface area contributed by atoms with E-state index in [2.05, 4.69) is 4.98 Å². The lowest BCUT2D eigenvalue weighted by atomic mass is 10.1. The quantitative estimate of drug-likeness (QED) is 0.782. The van der Waals surface area contributed by atoms with Crippen molar-refractivity contribution in [3.05, 3.63) is 52.2 Å². The minimum atomic E-state index is -0.207. The van der Waals surface area contributed by atoms with Crippen LogP contribution in [0.15, 0.2) is 35.3 Å². The van der Waals surface area contributed by atoms with Gasteiger partial charge in [-0.2, -0.15) is 0 Å². The van der Waals surface area contributed by atoms with Gasteiger partial charge in [-0.15, -0.1) is 0 Å². The largest absolute Gasteiger partial charge is 0.497 e. The third-order valence-corrected chi connectivity index (χ3v) is 4.84. The van der Waals surface area contributed by atoms with Gasteiger partial charge in [0.15, 0.2) is 0 Å². The number of hydrogen-bond donors (Lipinski definition) is 1. The molecule has 0 saturated carbocycles. The molecule has 0 bridgehead atoms. The van der Waals surface area contributed by atoms with Crippen LogP contribution in [-0.2, 0) is 17.8 Å². The highest BCUT2D eigenvalue weighted by atomic mass is 16.5. The van der Waals surface area contributed by atoms with Gasteiger partial charge in [0, 0.05) is 42.4 Å². The molecule has 134 valence electrons. The van der Waals surface area contributed by atoms with Gasteiger partial charge in [0.25, 0.3) is 0 Å². The summed E-state index contributed by atoms with van der Waals surface area (Å²) in [7, 11) is 1.62. The first-order chi connectivity index (χ1) is 12.6. The Bertz CT molecular complexity index is 1030. The Morgan fingerprint density at radius 3 is 2.77 bits per heavy atom. The van der Waals surface area contributed by atoms with Crippen molar-refractivity contribution in [2.75, 3.05) is 13.7 Å². The molecule has 2 aromatic heterocycles. The molecule has 7 heteroatoms. The number of benzene rings is 1. The van der Waals surface area contributed by atoms with Crippen LogP contribution in [-0.4, -0.2) is 38.8 Å². The molecule has 0 spiro atoms. The predicted octanol–water partition coefficient (Wildman–Crippen LogP) is 1.99. The molecule has 4 rings (SSSR count). The van der Waals surface area contributed by atoms with Crippen LogP contribution in [0.4, 0.5) is 0 Å². The Morgan fingerprint density at radius 1 is 1.31 bits per heavy atom. The Labute approximate surface area is 150 Å². The number of nitrogens with one attached hydrogen (secondary N) is 1. The summed E-state index contributed by atoms with van der Waals surface area (Å²) >= 11 is 0. The SMILES string of the molecule is CCC(=O)N1CCc2[nH]c(=O)n3cc(-c4ccc(OC)cc4)nc3c2C1. The van der Waals surface area contributed by atoms with Crippen LogP contribution in [0.25, 0.3) is 16.9 Å². The van der Waals surface area contributed by atoms with E-state index in [0.29, 0.717) is 37.3 Å².